The lowest BCUT2D eigenvalue weighted by Crippen LogP contribution is -2.34. The number of nitrogens with two attached hydrogens (primary N) is 1. The molecule has 1 unspecified atom stereocenters. The molecule has 21 heavy (non-hydrogen) atoms. The molecule has 0 saturated heterocycles. The van der Waals surface area contributed by atoms with E-state index in [0.29, 0.717) is 5.56 Å². The van der Waals surface area contributed by atoms with Crippen molar-refractivity contribution in [1.29, 1.82) is 0 Å². The number of phenolic OH excluding ortho intramolecular Hbond substituents is 1. The molecular weight excluding hydrogens is 274 g/mol. The number of ether oxygens (including phenoxy) is 1. The first kappa shape index (κ1) is 17.0. The van der Waals surface area contributed by atoms with E-state index in [1.54, 1.807) is 32.9 Å². The third-order valence-electron chi connectivity index (χ3n) is 2.80. The molecule has 0 bridgehead atoms. The Bertz CT molecular complexity index is 504. The minimum Gasteiger partial charge on any atom is -0.508 e. The lowest BCUT2D eigenvalue weighted by atomic mass is 9.95. The number of rotatable bonds is 5. The molecule has 0 aliphatic carbocycles. The number of aliphatic carboxylic acids is 1. The first-order valence-electron chi connectivity index (χ1n) is 6.60. The monoisotopic (exact) mass is 295 g/mol. The van der Waals surface area contributed by atoms with Crippen molar-refractivity contribution in [3.8, 4) is 5.75 Å². The maximum absolute atomic E-state index is 11.9. The zero-order valence-electron chi connectivity index (χ0n) is 12.4. The van der Waals surface area contributed by atoms with E-state index in [-0.39, 0.29) is 12.2 Å². The van der Waals surface area contributed by atoms with Gasteiger partial charge in [0.15, 0.2) is 5.92 Å². The van der Waals surface area contributed by atoms with Crippen LogP contribution in [-0.4, -0.2) is 27.8 Å². The van der Waals surface area contributed by atoms with Gasteiger partial charge in [0, 0.05) is 6.04 Å². The highest BCUT2D eigenvalue weighted by Gasteiger charge is 2.32. The maximum Gasteiger partial charge on any atom is 0.320 e. The van der Waals surface area contributed by atoms with E-state index >= 15 is 0 Å². The number of hydrogen-bond donors (Lipinski definition) is 3. The average molecular weight is 295 g/mol. The second kappa shape index (κ2) is 6.58. The number of hydrogen-bond acceptors (Lipinski definition) is 5. The third kappa shape index (κ3) is 5.43. The van der Waals surface area contributed by atoms with Crippen LogP contribution in [0.3, 0.4) is 0 Å². The van der Waals surface area contributed by atoms with Gasteiger partial charge in [0.25, 0.3) is 0 Å². The summed E-state index contributed by atoms with van der Waals surface area (Å²) in [6, 6.07) is 5.46. The fraction of sp³-hybridized carbons (Fsp3) is 0.467. The summed E-state index contributed by atoms with van der Waals surface area (Å²) in [4.78, 5) is 23.2. The van der Waals surface area contributed by atoms with E-state index in [1.807, 2.05) is 0 Å². The van der Waals surface area contributed by atoms with Crippen molar-refractivity contribution in [1.82, 2.24) is 0 Å². The first-order valence-corrected chi connectivity index (χ1v) is 6.60. The van der Waals surface area contributed by atoms with Crippen LogP contribution in [0.4, 0.5) is 0 Å². The van der Waals surface area contributed by atoms with E-state index < -0.39 is 29.5 Å². The summed E-state index contributed by atoms with van der Waals surface area (Å²) in [6.07, 6.45) is -0.0744. The minimum atomic E-state index is -1.33. The Hall–Kier alpha value is -2.08. The van der Waals surface area contributed by atoms with Crippen molar-refractivity contribution < 1.29 is 24.5 Å². The summed E-state index contributed by atoms with van der Waals surface area (Å²) < 4.78 is 5.10. The molecule has 0 aliphatic heterocycles. The van der Waals surface area contributed by atoms with Crippen LogP contribution in [0.25, 0.3) is 0 Å². The fourth-order valence-corrected chi connectivity index (χ4v) is 1.78. The second-order valence-electron chi connectivity index (χ2n) is 5.86. The van der Waals surface area contributed by atoms with Crippen molar-refractivity contribution in [3.63, 3.8) is 0 Å². The van der Waals surface area contributed by atoms with Gasteiger partial charge in [-0.25, -0.2) is 0 Å². The Morgan fingerprint density at radius 3 is 2.19 bits per heavy atom. The molecule has 1 rings (SSSR count). The second-order valence-corrected chi connectivity index (χ2v) is 5.86. The van der Waals surface area contributed by atoms with Gasteiger partial charge in [-0.15, -0.1) is 0 Å². The molecule has 0 heterocycles. The Labute approximate surface area is 123 Å². The highest BCUT2D eigenvalue weighted by Crippen LogP contribution is 2.23. The molecule has 0 fully saturated rings. The van der Waals surface area contributed by atoms with E-state index in [1.165, 1.54) is 12.1 Å². The topological polar surface area (TPSA) is 110 Å². The van der Waals surface area contributed by atoms with Crippen LogP contribution in [0.5, 0.6) is 5.75 Å². The molecule has 0 saturated carbocycles. The average Bonchev–Trinajstić information content (AvgIpc) is 2.33. The number of esters is 1. The van der Waals surface area contributed by atoms with E-state index in [2.05, 4.69) is 0 Å². The summed E-state index contributed by atoms with van der Waals surface area (Å²) in [5, 5.41) is 18.4. The minimum absolute atomic E-state index is 0.0744. The van der Waals surface area contributed by atoms with Crippen LogP contribution in [0.1, 0.15) is 38.8 Å². The van der Waals surface area contributed by atoms with Crippen LogP contribution in [-0.2, 0) is 14.3 Å². The molecule has 116 valence electrons. The molecule has 0 aromatic heterocycles. The fourth-order valence-electron chi connectivity index (χ4n) is 1.78. The highest BCUT2D eigenvalue weighted by molar-refractivity contribution is 5.94. The number of aromatic hydroxyl groups is 1. The van der Waals surface area contributed by atoms with E-state index in [0.717, 1.165) is 0 Å². The van der Waals surface area contributed by atoms with Gasteiger partial charge in [-0.05, 0) is 44.9 Å². The number of carbonyl (C=O) groups is 2. The highest BCUT2D eigenvalue weighted by atomic mass is 16.6. The van der Waals surface area contributed by atoms with Crippen LogP contribution in [0.2, 0.25) is 0 Å². The first-order chi connectivity index (χ1) is 9.60. The molecular formula is C15H21NO5. The lowest BCUT2D eigenvalue weighted by molar-refractivity contribution is -0.167. The molecule has 0 radical (unpaired) electrons. The van der Waals surface area contributed by atoms with E-state index in [4.69, 9.17) is 10.5 Å². The van der Waals surface area contributed by atoms with Crippen LogP contribution in [0, 0.1) is 5.92 Å². The Kier molecular flexibility index (Phi) is 5.32. The van der Waals surface area contributed by atoms with Crippen molar-refractivity contribution >= 4 is 11.9 Å². The third-order valence-corrected chi connectivity index (χ3v) is 2.80. The molecule has 1 aromatic carbocycles. The number of carboxylic acid groups (broad SMARTS) is 1. The standard InChI is InChI=1S/C15H21NO5/c1-15(2,3)21-14(20)11(13(18)19)8-12(16)9-4-6-10(17)7-5-9/h4-7,11-12,17H,8,16H2,1-3H3,(H,18,19)/t11-,12?/m1/s1. The molecule has 0 spiro atoms. The van der Waals surface area contributed by atoms with Gasteiger partial charge >= 0.3 is 11.9 Å². The number of carbonyl (C=O) groups excluding carboxylic acids is 1. The number of carboxylic acids is 1. The number of benzene rings is 1. The molecule has 6 heteroatoms. The van der Waals surface area contributed by atoms with Crippen LogP contribution < -0.4 is 5.73 Å². The maximum atomic E-state index is 11.9. The molecule has 0 amide bonds. The molecule has 6 nitrogen and oxygen atoms in total. The van der Waals surface area contributed by atoms with Gasteiger partial charge in [0.2, 0.25) is 0 Å². The summed E-state index contributed by atoms with van der Waals surface area (Å²) in [5.41, 5.74) is 5.82. The van der Waals surface area contributed by atoms with Crippen LogP contribution in [0.15, 0.2) is 24.3 Å². The Morgan fingerprint density at radius 1 is 1.24 bits per heavy atom. The van der Waals surface area contributed by atoms with E-state index in [9.17, 15) is 19.8 Å². The van der Waals surface area contributed by atoms with Crippen molar-refractivity contribution in [2.75, 3.05) is 0 Å². The molecule has 2 atom stereocenters. The van der Waals surface area contributed by atoms with Gasteiger partial charge in [-0.1, -0.05) is 12.1 Å². The van der Waals surface area contributed by atoms with Crippen molar-refractivity contribution in [2.45, 2.75) is 38.8 Å². The predicted molar refractivity (Wildman–Crippen MR) is 76.6 cm³/mol. The van der Waals surface area contributed by atoms with Crippen molar-refractivity contribution in [3.05, 3.63) is 29.8 Å². The normalized spacial score (nSPS) is 14.3. The molecule has 1 aromatic rings. The quantitative estimate of drug-likeness (QED) is 0.564. The molecule has 0 aliphatic rings. The Balaban J connectivity index is 2.81. The van der Waals surface area contributed by atoms with Gasteiger partial charge in [0.1, 0.15) is 11.4 Å². The van der Waals surface area contributed by atoms with Crippen LogP contribution >= 0.6 is 0 Å². The molecule has 4 N–H and O–H groups in total. The SMILES string of the molecule is CC(C)(C)OC(=O)[C@H](CC(N)c1ccc(O)cc1)C(=O)O. The van der Waals surface area contributed by atoms with Gasteiger partial charge in [-0.3, -0.25) is 9.59 Å². The van der Waals surface area contributed by atoms with Gasteiger partial charge in [-0.2, -0.15) is 0 Å². The zero-order valence-corrected chi connectivity index (χ0v) is 12.4. The zero-order chi connectivity index (χ0) is 16.2. The Morgan fingerprint density at radius 2 is 1.76 bits per heavy atom. The largest absolute Gasteiger partial charge is 0.508 e. The summed E-state index contributed by atoms with van der Waals surface area (Å²) in [5.74, 6) is -3.30. The summed E-state index contributed by atoms with van der Waals surface area (Å²) in [7, 11) is 0. The van der Waals surface area contributed by atoms with Gasteiger partial charge < -0.3 is 20.7 Å². The lowest BCUT2D eigenvalue weighted by Gasteiger charge is -2.23. The smallest absolute Gasteiger partial charge is 0.320 e. The predicted octanol–water partition coefficient (Wildman–Crippen LogP) is 1.82. The van der Waals surface area contributed by atoms with Gasteiger partial charge in [0.05, 0.1) is 0 Å². The number of phenols is 1. The summed E-state index contributed by atoms with van der Waals surface area (Å²) in [6.45, 7) is 5.01. The summed E-state index contributed by atoms with van der Waals surface area (Å²) >= 11 is 0. The van der Waals surface area contributed by atoms with Crippen molar-refractivity contribution in [2.24, 2.45) is 11.7 Å².